The molecule has 1 N–H and O–H groups in total. The quantitative estimate of drug-likeness (QED) is 0.637. The Balaban J connectivity index is 1.40. The normalized spacial score (nSPS) is 19.0. The first-order valence-corrected chi connectivity index (χ1v) is 9.35. The Morgan fingerprint density at radius 3 is 2.50 bits per heavy atom. The number of hydrogen-bond donors (Lipinski definition) is 1. The number of aryl methyl sites for hydroxylation is 1. The minimum Gasteiger partial charge on any atom is -0.310 e. The zero-order chi connectivity index (χ0) is 18.1. The lowest BCUT2D eigenvalue weighted by molar-refractivity contribution is -0.384. The molecule has 138 valence electrons. The molecular weight excluding hydrogens is 330 g/mol. The molecule has 0 unspecified atom stereocenters. The van der Waals surface area contributed by atoms with Crippen molar-refractivity contribution in [1.82, 2.24) is 20.0 Å². The van der Waals surface area contributed by atoms with Gasteiger partial charge in [-0.1, -0.05) is 0 Å². The second-order valence-corrected chi connectivity index (χ2v) is 7.40. The van der Waals surface area contributed by atoms with Gasteiger partial charge in [-0.2, -0.15) is 5.10 Å². The Bertz CT molecular complexity index is 774. The van der Waals surface area contributed by atoms with Gasteiger partial charge in [0.25, 0.3) is 5.69 Å². The number of nitro groups is 1. The van der Waals surface area contributed by atoms with Crippen LogP contribution in [0.15, 0.2) is 30.5 Å². The van der Waals surface area contributed by atoms with Crippen molar-refractivity contribution in [3.63, 3.8) is 0 Å². The Labute approximate surface area is 153 Å². The summed E-state index contributed by atoms with van der Waals surface area (Å²) in [6, 6.07) is 8.04. The number of benzene rings is 1. The molecule has 7 heteroatoms. The van der Waals surface area contributed by atoms with E-state index in [9.17, 15) is 10.1 Å². The van der Waals surface area contributed by atoms with Gasteiger partial charge in [-0.3, -0.25) is 14.8 Å². The molecule has 1 saturated heterocycles. The van der Waals surface area contributed by atoms with Gasteiger partial charge in [-0.05, 0) is 50.9 Å². The summed E-state index contributed by atoms with van der Waals surface area (Å²) < 4.78 is 1.81. The molecule has 1 aromatic carbocycles. The molecule has 1 aliphatic heterocycles. The number of nitro benzene ring substituents is 1. The van der Waals surface area contributed by atoms with Crippen LogP contribution in [0.25, 0.3) is 11.3 Å². The third kappa shape index (κ3) is 3.78. The number of hydrogen-bond acceptors (Lipinski definition) is 5. The van der Waals surface area contributed by atoms with Gasteiger partial charge in [-0.25, -0.2) is 0 Å². The summed E-state index contributed by atoms with van der Waals surface area (Å²) in [5.74, 6) is 0. The van der Waals surface area contributed by atoms with Crippen molar-refractivity contribution in [3.05, 3.63) is 46.1 Å². The van der Waals surface area contributed by atoms with Crippen LogP contribution in [-0.2, 0) is 13.6 Å². The molecule has 0 bridgehead atoms. The van der Waals surface area contributed by atoms with E-state index in [1.54, 1.807) is 12.1 Å². The highest BCUT2D eigenvalue weighted by Crippen LogP contribution is 2.29. The summed E-state index contributed by atoms with van der Waals surface area (Å²) in [6.07, 6.45) is 7.19. The molecule has 2 heterocycles. The minimum absolute atomic E-state index is 0.103. The zero-order valence-electron chi connectivity index (χ0n) is 15.1. The number of piperidine rings is 1. The number of nitrogens with one attached hydrogen (secondary N) is 1. The molecule has 0 amide bonds. The maximum atomic E-state index is 10.8. The topological polar surface area (TPSA) is 76.2 Å². The first kappa shape index (κ1) is 17.2. The fourth-order valence-corrected chi connectivity index (χ4v) is 3.81. The van der Waals surface area contributed by atoms with E-state index in [-0.39, 0.29) is 10.6 Å². The van der Waals surface area contributed by atoms with Gasteiger partial charge in [0.05, 0.1) is 10.6 Å². The molecule has 26 heavy (non-hydrogen) atoms. The number of nitrogens with zero attached hydrogens (tertiary/aromatic N) is 4. The fraction of sp³-hybridized carbons (Fsp3) is 0.526. The Morgan fingerprint density at radius 2 is 1.88 bits per heavy atom. The molecule has 0 radical (unpaired) electrons. The third-order valence-electron chi connectivity index (χ3n) is 5.43. The summed E-state index contributed by atoms with van der Waals surface area (Å²) >= 11 is 0. The highest BCUT2D eigenvalue weighted by molar-refractivity contribution is 5.64. The number of rotatable bonds is 6. The fourth-order valence-electron chi connectivity index (χ4n) is 3.81. The minimum atomic E-state index is -0.376. The van der Waals surface area contributed by atoms with Gasteiger partial charge in [0.1, 0.15) is 0 Å². The van der Waals surface area contributed by atoms with Crippen LogP contribution in [0.1, 0.15) is 31.2 Å². The molecule has 4 rings (SSSR count). The molecule has 1 saturated carbocycles. The van der Waals surface area contributed by atoms with Crippen LogP contribution in [0, 0.1) is 10.1 Å². The van der Waals surface area contributed by atoms with E-state index in [1.165, 1.54) is 50.9 Å². The van der Waals surface area contributed by atoms with Crippen LogP contribution in [0.2, 0.25) is 0 Å². The maximum absolute atomic E-state index is 10.8. The smallest absolute Gasteiger partial charge is 0.269 e. The maximum Gasteiger partial charge on any atom is 0.269 e. The van der Waals surface area contributed by atoms with Crippen molar-refractivity contribution in [2.75, 3.05) is 13.1 Å². The summed E-state index contributed by atoms with van der Waals surface area (Å²) in [5, 5.41) is 19.1. The van der Waals surface area contributed by atoms with Crippen molar-refractivity contribution in [3.8, 4) is 11.3 Å². The summed E-state index contributed by atoms with van der Waals surface area (Å²) in [6.45, 7) is 3.17. The molecule has 0 spiro atoms. The van der Waals surface area contributed by atoms with Crippen LogP contribution < -0.4 is 5.32 Å². The van der Waals surface area contributed by atoms with E-state index in [2.05, 4.69) is 15.3 Å². The SMILES string of the molecule is Cn1cc(CNC2CCN(C3CC3)CC2)c(-c2ccc([N+](=O)[O-])cc2)n1. The van der Waals surface area contributed by atoms with Gasteiger partial charge in [0, 0.05) is 55.1 Å². The average Bonchev–Trinajstić information content (AvgIpc) is 3.43. The first-order valence-electron chi connectivity index (χ1n) is 9.35. The zero-order valence-corrected chi connectivity index (χ0v) is 15.1. The molecule has 0 atom stereocenters. The van der Waals surface area contributed by atoms with Gasteiger partial charge < -0.3 is 10.2 Å². The summed E-state index contributed by atoms with van der Waals surface area (Å²) in [7, 11) is 1.91. The molecular formula is C19H25N5O2. The molecule has 2 fully saturated rings. The third-order valence-corrected chi connectivity index (χ3v) is 5.43. The first-order chi connectivity index (χ1) is 12.6. The predicted molar refractivity (Wildman–Crippen MR) is 99.8 cm³/mol. The average molecular weight is 355 g/mol. The Morgan fingerprint density at radius 1 is 1.19 bits per heavy atom. The number of non-ortho nitro benzene ring substituents is 1. The van der Waals surface area contributed by atoms with E-state index in [0.717, 1.165) is 29.4 Å². The standard InChI is InChI=1S/C19H25N5O2/c1-22-13-15(12-20-16-8-10-23(11-9-16)17-6-7-17)19(21-22)14-2-4-18(5-3-14)24(25)26/h2-5,13,16-17,20H,6-12H2,1H3. The van der Waals surface area contributed by atoms with E-state index in [0.29, 0.717) is 6.04 Å². The van der Waals surface area contributed by atoms with Crippen molar-refractivity contribution in [1.29, 1.82) is 0 Å². The van der Waals surface area contributed by atoms with E-state index in [4.69, 9.17) is 0 Å². The molecule has 2 aliphatic rings. The van der Waals surface area contributed by atoms with Gasteiger partial charge >= 0.3 is 0 Å². The summed E-state index contributed by atoms with van der Waals surface area (Å²) in [5.41, 5.74) is 3.04. The lowest BCUT2D eigenvalue weighted by atomic mass is 10.0. The second kappa shape index (κ2) is 7.17. The van der Waals surface area contributed by atoms with Crippen LogP contribution >= 0.6 is 0 Å². The van der Waals surface area contributed by atoms with Crippen LogP contribution in [0.4, 0.5) is 5.69 Å². The van der Waals surface area contributed by atoms with Crippen molar-refractivity contribution in [2.24, 2.45) is 7.05 Å². The molecule has 1 aromatic heterocycles. The van der Waals surface area contributed by atoms with Gasteiger partial charge in [0.15, 0.2) is 0 Å². The van der Waals surface area contributed by atoms with E-state index < -0.39 is 0 Å². The van der Waals surface area contributed by atoms with Crippen molar-refractivity contribution >= 4 is 5.69 Å². The monoisotopic (exact) mass is 355 g/mol. The Kier molecular flexibility index (Phi) is 4.74. The number of likely N-dealkylation sites (tertiary alicyclic amines) is 1. The number of aromatic nitrogens is 2. The second-order valence-electron chi connectivity index (χ2n) is 7.40. The van der Waals surface area contributed by atoms with E-state index >= 15 is 0 Å². The molecule has 7 nitrogen and oxygen atoms in total. The highest BCUT2D eigenvalue weighted by atomic mass is 16.6. The van der Waals surface area contributed by atoms with Crippen molar-refractivity contribution < 1.29 is 4.92 Å². The van der Waals surface area contributed by atoms with Gasteiger partial charge in [0.2, 0.25) is 0 Å². The molecule has 2 aromatic rings. The van der Waals surface area contributed by atoms with Crippen LogP contribution in [-0.4, -0.2) is 44.8 Å². The molecule has 1 aliphatic carbocycles. The largest absolute Gasteiger partial charge is 0.310 e. The van der Waals surface area contributed by atoms with Crippen LogP contribution in [0.3, 0.4) is 0 Å². The predicted octanol–water partition coefficient (Wildman–Crippen LogP) is 2.71. The highest BCUT2D eigenvalue weighted by Gasteiger charge is 2.31. The van der Waals surface area contributed by atoms with Crippen molar-refractivity contribution in [2.45, 2.75) is 44.3 Å². The van der Waals surface area contributed by atoms with E-state index in [1.807, 2.05) is 17.9 Å². The lowest BCUT2D eigenvalue weighted by Gasteiger charge is -2.32. The summed E-state index contributed by atoms with van der Waals surface area (Å²) in [4.78, 5) is 13.1. The van der Waals surface area contributed by atoms with Crippen LogP contribution in [0.5, 0.6) is 0 Å². The van der Waals surface area contributed by atoms with Gasteiger partial charge in [-0.15, -0.1) is 0 Å². The lowest BCUT2D eigenvalue weighted by Crippen LogP contribution is -2.43. The Hall–Kier alpha value is -2.25.